The van der Waals surface area contributed by atoms with Crippen molar-refractivity contribution in [2.75, 3.05) is 40.0 Å². The molecular weight excluding hydrogens is 254 g/mol. The zero-order valence-electron chi connectivity index (χ0n) is 12.4. The number of likely N-dealkylation sites (tertiary alicyclic amines) is 1. The van der Waals surface area contributed by atoms with Gasteiger partial charge in [-0.05, 0) is 38.6 Å². The summed E-state index contributed by atoms with van der Waals surface area (Å²) in [6, 6.07) is 5.58. The zero-order valence-corrected chi connectivity index (χ0v) is 12.4. The molecule has 5 heteroatoms. The average Bonchev–Trinajstić information content (AvgIpc) is 2.82. The molecule has 1 unspecified atom stereocenters. The third-order valence-electron chi connectivity index (χ3n) is 3.91. The van der Waals surface area contributed by atoms with Gasteiger partial charge in [-0.2, -0.15) is 0 Å². The van der Waals surface area contributed by atoms with Crippen molar-refractivity contribution >= 4 is 11.6 Å². The fraction of sp³-hybridized carbons (Fsp3) is 0.533. The number of likely N-dealkylation sites (N-methyl/N-ethyl adjacent to an activating group) is 2. The summed E-state index contributed by atoms with van der Waals surface area (Å²) in [5.41, 5.74) is 6.91. The molecular formula is C15H23N3O2. The number of methoxy groups -OCH3 is 1. The van der Waals surface area contributed by atoms with Gasteiger partial charge >= 0.3 is 0 Å². The Morgan fingerprint density at radius 1 is 1.50 bits per heavy atom. The predicted octanol–water partition coefficient (Wildman–Crippen LogP) is 1.44. The quantitative estimate of drug-likeness (QED) is 0.846. The molecule has 1 saturated heterocycles. The summed E-state index contributed by atoms with van der Waals surface area (Å²) in [6.07, 6.45) is 2.35. The Kier molecular flexibility index (Phi) is 4.49. The Bertz CT molecular complexity index is 490. The van der Waals surface area contributed by atoms with E-state index < -0.39 is 0 Å². The van der Waals surface area contributed by atoms with Crippen LogP contribution in [0, 0.1) is 0 Å². The zero-order chi connectivity index (χ0) is 14.7. The summed E-state index contributed by atoms with van der Waals surface area (Å²) in [6.45, 7) is 1.85. The van der Waals surface area contributed by atoms with Crippen LogP contribution in [0.4, 0.5) is 5.69 Å². The van der Waals surface area contributed by atoms with Crippen LogP contribution < -0.4 is 10.5 Å². The standard InChI is InChI=1S/C15H23N3O2/c1-17-6-4-5-13(17)10-18(2)15(19)11-7-12(16)9-14(8-11)20-3/h7-9,13H,4-6,10,16H2,1-3H3. The van der Waals surface area contributed by atoms with Crippen LogP contribution in [0.1, 0.15) is 23.2 Å². The molecule has 1 aromatic carbocycles. The number of nitrogens with two attached hydrogens (primary N) is 1. The average molecular weight is 277 g/mol. The molecule has 20 heavy (non-hydrogen) atoms. The first-order chi connectivity index (χ1) is 9.51. The molecule has 1 fully saturated rings. The van der Waals surface area contributed by atoms with Gasteiger partial charge < -0.3 is 20.3 Å². The van der Waals surface area contributed by atoms with Crippen molar-refractivity contribution in [3.8, 4) is 5.75 Å². The minimum atomic E-state index is -0.0177. The molecule has 1 heterocycles. The molecule has 2 rings (SSSR count). The number of nitrogens with zero attached hydrogens (tertiary/aromatic N) is 2. The fourth-order valence-electron chi connectivity index (χ4n) is 2.69. The number of anilines is 1. The van der Waals surface area contributed by atoms with Crippen LogP contribution >= 0.6 is 0 Å². The first kappa shape index (κ1) is 14.7. The van der Waals surface area contributed by atoms with Crippen molar-refractivity contribution in [1.29, 1.82) is 0 Å². The molecule has 1 aromatic rings. The second kappa shape index (κ2) is 6.13. The van der Waals surface area contributed by atoms with Crippen LogP contribution in [0.2, 0.25) is 0 Å². The van der Waals surface area contributed by atoms with E-state index in [1.807, 2.05) is 7.05 Å². The Morgan fingerprint density at radius 2 is 2.25 bits per heavy atom. The first-order valence-corrected chi connectivity index (χ1v) is 6.91. The molecule has 0 bridgehead atoms. The molecule has 0 saturated carbocycles. The number of hydrogen-bond acceptors (Lipinski definition) is 4. The summed E-state index contributed by atoms with van der Waals surface area (Å²) in [5, 5.41) is 0. The van der Waals surface area contributed by atoms with E-state index in [2.05, 4.69) is 11.9 Å². The molecule has 1 aliphatic heterocycles. The number of ether oxygens (including phenoxy) is 1. The lowest BCUT2D eigenvalue weighted by Crippen LogP contribution is -2.39. The molecule has 110 valence electrons. The maximum absolute atomic E-state index is 12.5. The smallest absolute Gasteiger partial charge is 0.253 e. The van der Waals surface area contributed by atoms with Gasteiger partial charge in [-0.15, -0.1) is 0 Å². The third-order valence-corrected chi connectivity index (χ3v) is 3.91. The van der Waals surface area contributed by atoms with E-state index in [-0.39, 0.29) is 5.91 Å². The van der Waals surface area contributed by atoms with Crippen LogP contribution in [-0.2, 0) is 0 Å². The Labute approximate surface area is 120 Å². The predicted molar refractivity (Wildman–Crippen MR) is 80.0 cm³/mol. The number of benzene rings is 1. The largest absolute Gasteiger partial charge is 0.497 e. The normalized spacial score (nSPS) is 19.1. The molecule has 1 atom stereocenters. The molecule has 2 N–H and O–H groups in total. The number of nitrogen functional groups attached to an aromatic ring is 1. The van der Waals surface area contributed by atoms with E-state index in [0.29, 0.717) is 23.0 Å². The maximum atomic E-state index is 12.5. The molecule has 0 spiro atoms. The molecule has 5 nitrogen and oxygen atoms in total. The van der Waals surface area contributed by atoms with Crippen LogP contribution in [-0.4, -0.2) is 56.0 Å². The van der Waals surface area contributed by atoms with E-state index in [1.165, 1.54) is 6.42 Å². The van der Waals surface area contributed by atoms with Crippen LogP contribution in [0.5, 0.6) is 5.75 Å². The van der Waals surface area contributed by atoms with Crippen molar-refractivity contribution in [1.82, 2.24) is 9.80 Å². The summed E-state index contributed by atoms with van der Waals surface area (Å²) in [5.74, 6) is 0.593. The Hall–Kier alpha value is -1.75. The van der Waals surface area contributed by atoms with Gasteiger partial charge in [0, 0.05) is 37.0 Å². The monoisotopic (exact) mass is 277 g/mol. The highest BCUT2D eigenvalue weighted by molar-refractivity contribution is 5.95. The maximum Gasteiger partial charge on any atom is 0.253 e. The third kappa shape index (κ3) is 3.22. The summed E-state index contributed by atoms with van der Waals surface area (Å²) in [7, 11) is 5.52. The topological polar surface area (TPSA) is 58.8 Å². The number of rotatable bonds is 4. The van der Waals surface area contributed by atoms with Crippen molar-refractivity contribution < 1.29 is 9.53 Å². The second-order valence-corrected chi connectivity index (χ2v) is 5.46. The van der Waals surface area contributed by atoms with E-state index in [0.717, 1.165) is 19.5 Å². The minimum Gasteiger partial charge on any atom is -0.497 e. The lowest BCUT2D eigenvalue weighted by Gasteiger charge is -2.26. The van der Waals surface area contributed by atoms with Gasteiger partial charge in [-0.3, -0.25) is 4.79 Å². The van der Waals surface area contributed by atoms with Gasteiger partial charge in [0.05, 0.1) is 7.11 Å². The van der Waals surface area contributed by atoms with E-state index in [4.69, 9.17) is 10.5 Å². The molecule has 0 radical (unpaired) electrons. The lowest BCUT2D eigenvalue weighted by atomic mass is 10.1. The van der Waals surface area contributed by atoms with Crippen LogP contribution in [0.25, 0.3) is 0 Å². The van der Waals surface area contributed by atoms with Gasteiger partial charge in [-0.1, -0.05) is 0 Å². The fourth-order valence-corrected chi connectivity index (χ4v) is 2.69. The number of amides is 1. The van der Waals surface area contributed by atoms with Crippen molar-refractivity contribution in [2.24, 2.45) is 0 Å². The summed E-state index contributed by atoms with van der Waals surface area (Å²) >= 11 is 0. The van der Waals surface area contributed by atoms with Gasteiger partial charge in [0.1, 0.15) is 5.75 Å². The highest BCUT2D eigenvalue weighted by atomic mass is 16.5. The van der Waals surface area contributed by atoms with Crippen LogP contribution in [0.15, 0.2) is 18.2 Å². The number of carbonyl (C=O) groups is 1. The van der Waals surface area contributed by atoms with Crippen molar-refractivity contribution in [2.45, 2.75) is 18.9 Å². The number of hydrogen-bond donors (Lipinski definition) is 1. The van der Waals surface area contributed by atoms with Crippen molar-refractivity contribution in [3.63, 3.8) is 0 Å². The van der Waals surface area contributed by atoms with E-state index in [9.17, 15) is 4.79 Å². The summed E-state index contributed by atoms with van der Waals surface area (Å²) < 4.78 is 5.16. The Morgan fingerprint density at radius 3 is 2.85 bits per heavy atom. The SMILES string of the molecule is COc1cc(N)cc(C(=O)N(C)CC2CCCN2C)c1. The number of carbonyl (C=O) groups excluding carboxylic acids is 1. The molecule has 1 amide bonds. The summed E-state index contributed by atoms with van der Waals surface area (Å²) in [4.78, 5) is 16.5. The van der Waals surface area contributed by atoms with Crippen LogP contribution in [0.3, 0.4) is 0 Å². The van der Waals surface area contributed by atoms with Gasteiger partial charge in [0.25, 0.3) is 5.91 Å². The minimum absolute atomic E-state index is 0.0177. The molecule has 0 aromatic heterocycles. The van der Waals surface area contributed by atoms with E-state index in [1.54, 1.807) is 30.2 Å². The molecule has 1 aliphatic rings. The van der Waals surface area contributed by atoms with Crippen molar-refractivity contribution in [3.05, 3.63) is 23.8 Å². The molecule has 0 aliphatic carbocycles. The second-order valence-electron chi connectivity index (χ2n) is 5.46. The lowest BCUT2D eigenvalue weighted by molar-refractivity contribution is 0.0761. The van der Waals surface area contributed by atoms with Gasteiger partial charge in [-0.25, -0.2) is 0 Å². The highest BCUT2D eigenvalue weighted by Crippen LogP contribution is 2.21. The van der Waals surface area contributed by atoms with Gasteiger partial charge in [0.2, 0.25) is 0 Å². The first-order valence-electron chi connectivity index (χ1n) is 6.91. The van der Waals surface area contributed by atoms with E-state index >= 15 is 0 Å². The Balaban J connectivity index is 2.08. The van der Waals surface area contributed by atoms with Gasteiger partial charge in [0.15, 0.2) is 0 Å². The highest BCUT2D eigenvalue weighted by Gasteiger charge is 2.24.